The maximum absolute atomic E-state index is 13.9. The zero-order valence-corrected chi connectivity index (χ0v) is 25.7. The number of pyridine rings is 1. The number of methoxy groups -OCH3 is 2. The van der Waals surface area contributed by atoms with Crippen molar-refractivity contribution in [2.45, 2.75) is 26.2 Å². The number of ether oxygens (including phenoxy) is 2. The summed E-state index contributed by atoms with van der Waals surface area (Å²) in [4.78, 5) is 35.4. The molecule has 9 heteroatoms. The predicted molar refractivity (Wildman–Crippen MR) is 176 cm³/mol. The van der Waals surface area contributed by atoms with Crippen LogP contribution in [0.3, 0.4) is 0 Å². The van der Waals surface area contributed by atoms with Gasteiger partial charge in [-0.25, -0.2) is 9.56 Å². The average molecular weight is 608 g/mol. The Morgan fingerprint density at radius 1 is 0.909 bits per heavy atom. The van der Waals surface area contributed by atoms with Gasteiger partial charge in [0.25, 0.3) is 11.5 Å². The van der Waals surface area contributed by atoms with Gasteiger partial charge in [0.05, 0.1) is 31.0 Å². The number of aliphatic imine (C=N–C) groups is 1. The van der Waals surface area contributed by atoms with Crippen molar-refractivity contribution in [3.05, 3.63) is 99.8 Å². The van der Waals surface area contributed by atoms with E-state index in [9.17, 15) is 14.7 Å². The average Bonchev–Trinajstić information content (AvgIpc) is 3.40. The minimum Gasteiger partial charge on any atom is -0.494 e. The number of aromatic nitrogens is 1. The number of hydrogen-bond acceptors (Lipinski definition) is 7. The first kappa shape index (κ1) is 29.2. The van der Waals surface area contributed by atoms with Crippen LogP contribution in [0, 0.1) is 6.92 Å². The third kappa shape index (κ3) is 5.24. The van der Waals surface area contributed by atoms with Gasteiger partial charge in [0.15, 0.2) is 11.5 Å². The highest BCUT2D eigenvalue weighted by Gasteiger charge is 2.27. The molecule has 0 atom stereocenters. The maximum Gasteiger partial charge on any atom is 0.265 e. The van der Waals surface area contributed by atoms with Gasteiger partial charge in [-0.05, 0) is 55.5 Å². The maximum atomic E-state index is 13.9. The highest BCUT2D eigenvalue weighted by Crippen LogP contribution is 2.43. The molecule has 0 bridgehead atoms. The molecule has 1 saturated heterocycles. The first-order valence-corrected chi connectivity index (χ1v) is 15.4. The van der Waals surface area contributed by atoms with Crippen molar-refractivity contribution < 1.29 is 19.4 Å². The zero-order chi connectivity index (χ0) is 30.8. The summed E-state index contributed by atoms with van der Waals surface area (Å²) < 4.78 is 12.1. The number of amides is 1. The van der Waals surface area contributed by atoms with Gasteiger partial charge in [0.1, 0.15) is 5.00 Å². The molecule has 1 amide bonds. The summed E-state index contributed by atoms with van der Waals surface area (Å²) >= 11 is 1.45. The summed E-state index contributed by atoms with van der Waals surface area (Å²) in [6.07, 6.45) is 4.64. The molecule has 0 spiro atoms. The Bertz CT molecular complexity index is 1940. The first-order valence-electron chi connectivity index (χ1n) is 14.5. The first-order chi connectivity index (χ1) is 21.4. The Labute approximate surface area is 259 Å². The highest BCUT2D eigenvalue weighted by atomic mass is 32.1. The van der Waals surface area contributed by atoms with Crippen LogP contribution in [0.15, 0.2) is 82.6 Å². The lowest BCUT2D eigenvalue weighted by molar-refractivity contribution is 0.0725. The summed E-state index contributed by atoms with van der Waals surface area (Å²) in [6.45, 7) is 3.42. The lowest BCUT2D eigenvalue weighted by Crippen LogP contribution is -2.35. The van der Waals surface area contributed by atoms with E-state index in [1.54, 1.807) is 42.6 Å². The normalized spacial score (nSPS) is 13.5. The third-order valence-corrected chi connectivity index (χ3v) is 9.31. The van der Waals surface area contributed by atoms with Crippen molar-refractivity contribution >= 4 is 39.2 Å². The standard InChI is InChI=1S/C35H33N3O5S/c1-22-30(35(41)37-18-10-5-11-19-37)32(44-31(22)23-12-6-4-7-13-23)36-21-27-25-14-8-9-15-26(25)33(39)38(34(27)40)24-16-17-28(42-2)29(20-24)43-3/h4,6-9,12-17,20-21,40H,5,10-11,18-19H2,1-3H3. The van der Waals surface area contributed by atoms with Crippen LogP contribution in [0.5, 0.6) is 17.4 Å². The number of rotatable bonds is 7. The minimum atomic E-state index is -0.387. The quantitative estimate of drug-likeness (QED) is 0.199. The Morgan fingerprint density at radius 3 is 2.30 bits per heavy atom. The molecule has 0 radical (unpaired) electrons. The molecule has 1 fully saturated rings. The van der Waals surface area contributed by atoms with E-state index < -0.39 is 0 Å². The van der Waals surface area contributed by atoms with Crippen LogP contribution in [0.25, 0.3) is 26.9 Å². The smallest absolute Gasteiger partial charge is 0.265 e. The monoisotopic (exact) mass is 607 g/mol. The molecule has 0 saturated carbocycles. The number of carbonyl (C=O) groups is 1. The van der Waals surface area contributed by atoms with Gasteiger partial charge >= 0.3 is 0 Å². The third-order valence-electron chi connectivity index (χ3n) is 8.06. The lowest BCUT2D eigenvalue weighted by Gasteiger charge is -2.27. The van der Waals surface area contributed by atoms with Crippen molar-refractivity contribution in [2.24, 2.45) is 4.99 Å². The summed E-state index contributed by atoms with van der Waals surface area (Å²) in [5.74, 6) is 0.616. The van der Waals surface area contributed by atoms with Crippen molar-refractivity contribution in [1.29, 1.82) is 0 Å². The summed E-state index contributed by atoms with van der Waals surface area (Å²) in [7, 11) is 3.05. The summed E-state index contributed by atoms with van der Waals surface area (Å²) in [5, 5.41) is 13.2. The van der Waals surface area contributed by atoms with Gasteiger partial charge in [0, 0.05) is 41.0 Å². The molecule has 1 aliphatic rings. The zero-order valence-electron chi connectivity index (χ0n) is 24.9. The number of fused-ring (bicyclic) bond motifs is 1. The minimum absolute atomic E-state index is 0.0304. The van der Waals surface area contributed by atoms with Crippen LogP contribution in [-0.2, 0) is 0 Å². The Hall–Kier alpha value is -4.89. The highest BCUT2D eigenvalue weighted by molar-refractivity contribution is 7.19. The number of carbonyl (C=O) groups excluding carboxylic acids is 1. The largest absolute Gasteiger partial charge is 0.494 e. The molecule has 0 aliphatic carbocycles. The number of nitrogens with zero attached hydrogens (tertiary/aromatic N) is 3. The van der Waals surface area contributed by atoms with Crippen LogP contribution in [-0.4, -0.2) is 54.0 Å². The summed E-state index contributed by atoms with van der Waals surface area (Å²) in [6, 6.07) is 22.1. The number of likely N-dealkylation sites (tertiary alicyclic amines) is 1. The van der Waals surface area contributed by atoms with Gasteiger partial charge in [-0.2, -0.15) is 0 Å². The van der Waals surface area contributed by atoms with Gasteiger partial charge in [0.2, 0.25) is 5.88 Å². The van der Waals surface area contributed by atoms with Crippen LogP contribution >= 0.6 is 11.3 Å². The van der Waals surface area contributed by atoms with Crippen molar-refractivity contribution in [3.63, 3.8) is 0 Å². The molecule has 1 N–H and O–H groups in total. The van der Waals surface area contributed by atoms with Gasteiger partial charge < -0.3 is 19.5 Å². The van der Waals surface area contributed by atoms with Crippen LogP contribution in [0.2, 0.25) is 0 Å². The summed E-state index contributed by atoms with van der Waals surface area (Å²) in [5.41, 5.74) is 2.85. The SMILES string of the molecule is COc1ccc(-n2c(O)c(C=Nc3sc(-c4ccccc4)c(C)c3C(=O)N3CCCCC3)c3ccccc3c2=O)cc1OC. The number of piperidine rings is 1. The fourth-order valence-electron chi connectivity index (χ4n) is 5.78. The molecular formula is C35H33N3O5S. The van der Waals surface area contributed by atoms with Crippen molar-refractivity contribution in [3.8, 4) is 33.5 Å². The van der Waals surface area contributed by atoms with Gasteiger partial charge in [-0.1, -0.05) is 48.5 Å². The second-order valence-electron chi connectivity index (χ2n) is 10.7. The molecule has 0 unspecified atom stereocenters. The van der Waals surface area contributed by atoms with E-state index in [-0.39, 0.29) is 17.3 Å². The number of aromatic hydroxyl groups is 1. The fourth-order valence-corrected chi connectivity index (χ4v) is 6.93. The van der Waals surface area contributed by atoms with E-state index in [0.29, 0.717) is 44.1 Å². The molecule has 5 aromatic rings. The Balaban J connectivity index is 1.53. The van der Waals surface area contributed by atoms with Crippen molar-refractivity contribution in [1.82, 2.24) is 9.47 Å². The molecule has 3 heterocycles. The molecule has 3 aromatic carbocycles. The van der Waals surface area contributed by atoms with E-state index in [1.807, 2.05) is 48.2 Å². The van der Waals surface area contributed by atoms with Crippen LogP contribution in [0.1, 0.15) is 40.7 Å². The molecule has 8 nitrogen and oxygen atoms in total. The molecular weight excluding hydrogens is 574 g/mol. The van der Waals surface area contributed by atoms with Gasteiger partial charge in [-0.3, -0.25) is 9.59 Å². The van der Waals surface area contributed by atoms with E-state index in [4.69, 9.17) is 14.5 Å². The lowest BCUT2D eigenvalue weighted by atomic mass is 10.0. The van der Waals surface area contributed by atoms with E-state index >= 15 is 0 Å². The molecule has 224 valence electrons. The number of hydrogen-bond donors (Lipinski definition) is 1. The van der Waals surface area contributed by atoms with Gasteiger partial charge in [-0.15, -0.1) is 11.3 Å². The second kappa shape index (κ2) is 12.4. The number of thiophene rings is 1. The molecule has 2 aromatic heterocycles. The van der Waals surface area contributed by atoms with Crippen molar-refractivity contribution in [2.75, 3.05) is 27.3 Å². The molecule has 6 rings (SSSR count). The number of benzene rings is 3. The Kier molecular flexibility index (Phi) is 8.21. The predicted octanol–water partition coefficient (Wildman–Crippen LogP) is 7.13. The molecule has 1 aliphatic heterocycles. The van der Waals surface area contributed by atoms with Crippen LogP contribution in [0.4, 0.5) is 5.00 Å². The van der Waals surface area contributed by atoms with E-state index in [2.05, 4.69) is 0 Å². The van der Waals surface area contributed by atoms with Crippen LogP contribution < -0.4 is 15.0 Å². The fraction of sp³-hybridized carbons (Fsp3) is 0.229. The van der Waals surface area contributed by atoms with E-state index in [1.165, 1.54) is 30.1 Å². The molecule has 44 heavy (non-hydrogen) atoms. The van der Waals surface area contributed by atoms with E-state index in [0.717, 1.165) is 48.4 Å². The second-order valence-corrected chi connectivity index (χ2v) is 11.7. The topological polar surface area (TPSA) is 93.4 Å². The Morgan fingerprint density at radius 2 is 1.59 bits per heavy atom.